The molecular weight excluding hydrogens is 420 g/mol. The lowest BCUT2D eigenvalue weighted by Gasteiger charge is -2.43. The van der Waals surface area contributed by atoms with Gasteiger partial charge in [-0.3, -0.25) is 13.9 Å². The molecule has 0 aromatic heterocycles. The van der Waals surface area contributed by atoms with Gasteiger partial charge in [0.25, 0.3) is 5.91 Å². The lowest BCUT2D eigenvalue weighted by Crippen LogP contribution is -2.39. The standard InChI is InChI=1S/C25H22N4O2S/c1-18(30)27-25-26-14-15-32(25,22-10-6-3-7-11-22)29-17-19-16-21(12-13-23(19)24(29)31)28-20-8-4-2-5-9-20/h2-16,28H,17H2,1H3,(H,26,27,30). The van der Waals surface area contributed by atoms with Gasteiger partial charge in [-0.2, -0.15) is 0 Å². The molecule has 2 N–H and O–H groups in total. The minimum absolute atomic E-state index is 0.0604. The summed E-state index contributed by atoms with van der Waals surface area (Å²) >= 11 is 0. The second kappa shape index (κ2) is 8.01. The van der Waals surface area contributed by atoms with Gasteiger partial charge in [-0.1, -0.05) is 46.6 Å². The predicted octanol–water partition coefficient (Wildman–Crippen LogP) is 5.14. The van der Waals surface area contributed by atoms with Crippen molar-refractivity contribution in [3.8, 4) is 0 Å². The van der Waals surface area contributed by atoms with E-state index in [1.807, 2.05) is 88.6 Å². The van der Waals surface area contributed by atoms with E-state index in [2.05, 4.69) is 15.6 Å². The predicted molar refractivity (Wildman–Crippen MR) is 129 cm³/mol. The highest BCUT2D eigenvalue weighted by Crippen LogP contribution is 2.64. The van der Waals surface area contributed by atoms with E-state index in [-0.39, 0.29) is 11.8 Å². The number of amidine groups is 1. The van der Waals surface area contributed by atoms with Crippen LogP contribution in [0.4, 0.5) is 11.4 Å². The molecule has 0 saturated heterocycles. The maximum absolute atomic E-state index is 13.6. The molecule has 5 rings (SSSR count). The van der Waals surface area contributed by atoms with Crippen molar-refractivity contribution in [2.75, 3.05) is 5.32 Å². The third kappa shape index (κ3) is 3.36. The summed E-state index contributed by atoms with van der Waals surface area (Å²) in [4.78, 5) is 30.9. The second-order valence-electron chi connectivity index (χ2n) is 7.54. The third-order valence-electron chi connectivity index (χ3n) is 5.42. The number of carbonyl (C=O) groups is 2. The Hall–Kier alpha value is -3.84. The Morgan fingerprint density at radius 3 is 2.41 bits per heavy atom. The van der Waals surface area contributed by atoms with Gasteiger partial charge >= 0.3 is 0 Å². The molecule has 160 valence electrons. The van der Waals surface area contributed by atoms with E-state index < -0.39 is 10.2 Å². The van der Waals surface area contributed by atoms with Gasteiger partial charge in [0, 0.05) is 40.4 Å². The fourth-order valence-electron chi connectivity index (χ4n) is 4.01. The Balaban J connectivity index is 1.53. The highest BCUT2D eigenvalue weighted by molar-refractivity contribution is 8.46. The van der Waals surface area contributed by atoms with E-state index in [4.69, 9.17) is 0 Å². The molecule has 32 heavy (non-hydrogen) atoms. The van der Waals surface area contributed by atoms with Gasteiger partial charge in [-0.05, 0) is 48.0 Å². The number of carbonyl (C=O) groups excluding carboxylic acids is 2. The molecule has 0 spiro atoms. The SMILES string of the molecule is CC(=O)NC1=NC=CS1(c1ccccc1)N1Cc2cc(Nc3ccccc3)ccc2C1=O. The van der Waals surface area contributed by atoms with Crippen LogP contribution in [0.1, 0.15) is 22.8 Å². The van der Waals surface area contributed by atoms with Crippen molar-refractivity contribution in [3.05, 3.63) is 102 Å². The molecule has 3 aromatic rings. The van der Waals surface area contributed by atoms with Crippen molar-refractivity contribution < 1.29 is 9.59 Å². The molecule has 0 saturated carbocycles. The third-order valence-corrected chi connectivity index (χ3v) is 8.71. The fourth-order valence-corrected chi connectivity index (χ4v) is 7.16. The van der Waals surface area contributed by atoms with Crippen molar-refractivity contribution in [3.63, 3.8) is 0 Å². The average Bonchev–Trinajstić information content (AvgIpc) is 3.36. The van der Waals surface area contributed by atoms with Crippen LogP contribution in [0, 0.1) is 0 Å². The number of aliphatic imine (C=N–C) groups is 1. The molecule has 2 amide bonds. The Labute approximate surface area is 188 Å². The molecule has 1 unspecified atom stereocenters. The molecular formula is C25H22N4O2S. The minimum Gasteiger partial charge on any atom is -0.356 e. The van der Waals surface area contributed by atoms with Crippen LogP contribution in [0.2, 0.25) is 0 Å². The molecule has 2 heterocycles. The quantitative estimate of drug-likeness (QED) is 0.587. The number of rotatable bonds is 4. The van der Waals surface area contributed by atoms with Gasteiger partial charge in [0.15, 0.2) is 5.17 Å². The van der Waals surface area contributed by atoms with Crippen molar-refractivity contribution in [2.24, 2.45) is 4.99 Å². The van der Waals surface area contributed by atoms with Crippen LogP contribution in [0.15, 0.2) is 100 Å². The van der Waals surface area contributed by atoms with Crippen LogP contribution in [0.3, 0.4) is 0 Å². The summed E-state index contributed by atoms with van der Waals surface area (Å²) in [6, 6.07) is 25.5. The topological polar surface area (TPSA) is 73.8 Å². The number of fused-ring (bicyclic) bond motifs is 1. The summed E-state index contributed by atoms with van der Waals surface area (Å²) in [7, 11) is -2.14. The second-order valence-corrected chi connectivity index (χ2v) is 10.4. The Bertz CT molecular complexity index is 1260. The summed E-state index contributed by atoms with van der Waals surface area (Å²) in [6.07, 6.45) is 1.69. The molecule has 0 bridgehead atoms. The van der Waals surface area contributed by atoms with Crippen LogP contribution < -0.4 is 10.6 Å². The van der Waals surface area contributed by atoms with Gasteiger partial charge in [0.1, 0.15) is 0 Å². The first-order chi connectivity index (χ1) is 15.6. The van der Waals surface area contributed by atoms with Crippen molar-refractivity contribution in [2.45, 2.75) is 18.4 Å². The molecule has 3 aromatic carbocycles. The summed E-state index contributed by atoms with van der Waals surface area (Å²) in [6.45, 7) is 1.89. The Kier molecular flexibility index (Phi) is 5.03. The van der Waals surface area contributed by atoms with Crippen LogP contribution in [-0.2, 0) is 11.3 Å². The van der Waals surface area contributed by atoms with E-state index in [1.54, 1.807) is 6.20 Å². The van der Waals surface area contributed by atoms with Crippen LogP contribution in [0.5, 0.6) is 0 Å². The van der Waals surface area contributed by atoms with Gasteiger partial charge in [-0.25, -0.2) is 4.99 Å². The van der Waals surface area contributed by atoms with Crippen molar-refractivity contribution in [1.82, 2.24) is 9.62 Å². The first-order valence-electron chi connectivity index (χ1n) is 10.3. The largest absolute Gasteiger partial charge is 0.356 e. The minimum atomic E-state index is -2.14. The lowest BCUT2D eigenvalue weighted by atomic mass is 10.1. The van der Waals surface area contributed by atoms with Gasteiger partial charge in [-0.15, -0.1) is 0 Å². The molecule has 0 radical (unpaired) electrons. The number of anilines is 2. The van der Waals surface area contributed by atoms with Crippen LogP contribution >= 0.6 is 10.2 Å². The van der Waals surface area contributed by atoms with Crippen LogP contribution in [-0.4, -0.2) is 21.3 Å². The molecule has 0 fully saturated rings. The maximum Gasteiger partial charge on any atom is 0.263 e. The number of hydrogen-bond acceptors (Lipinski definition) is 4. The fraction of sp³-hybridized carbons (Fsp3) is 0.0800. The molecule has 2 aliphatic heterocycles. The van der Waals surface area contributed by atoms with Crippen molar-refractivity contribution in [1.29, 1.82) is 0 Å². The Morgan fingerprint density at radius 1 is 0.969 bits per heavy atom. The van der Waals surface area contributed by atoms with E-state index >= 15 is 0 Å². The van der Waals surface area contributed by atoms with E-state index in [0.29, 0.717) is 17.3 Å². The first kappa shape index (κ1) is 20.1. The maximum atomic E-state index is 13.6. The number of amides is 2. The van der Waals surface area contributed by atoms with Gasteiger partial charge in [0.2, 0.25) is 5.91 Å². The number of benzene rings is 3. The summed E-state index contributed by atoms with van der Waals surface area (Å²) in [5.41, 5.74) is 3.53. The Morgan fingerprint density at radius 2 is 1.69 bits per heavy atom. The van der Waals surface area contributed by atoms with Crippen LogP contribution in [0.25, 0.3) is 0 Å². The summed E-state index contributed by atoms with van der Waals surface area (Å²) in [5, 5.41) is 8.74. The highest BCUT2D eigenvalue weighted by Gasteiger charge is 2.45. The zero-order chi connectivity index (χ0) is 22.1. The molecule has 1 atom stereocenters. The summed E-state index contributed by atoms with van der Waals surface area (Å²) < 4.78 is 1.86. The smallest absolute Gasteiger partial charge is 0.263 e. The molecule has 7 heteroatoms. The normalized spacial score (nSPS) is 21.0. The lowest BCUT2D eigenvalue weighted by molar-refractivity contribution is -0.117. The van der Waals surface area contributed by atoms with Gasteiger partial charge in [0.05, 0.1) is 6.54 Å². The van der Waals surface area contributed by atoms with Crippen molar-refractivity contribution >= 4 is 38.6 Å². The van der Waals surface area contributed by atoms with E-state index in [9.17, 15) is 9.59 Å². The zero-order valence-corrected chi connectivity index (χ0v) is 18.3. The van der Waals surface area contributed by atoms with E-state index in [0.717, 1.165) is 21.8 Å². The first-order valence-corrected chi connectivity index (χ1v) is 11.9. The number of nitrogens with one attached hydrogen (secondary N) is 2. The molecule has 6 nitrogen and oxygen atoms in total. The molecule has 0 aliphatic carbocycles. The molecule has 2 aliphatic rings. The number of nitrogens with zero attached hydrogens (tertiary/aromatic N) is 2. The number of para-hydroxylation sites is 1. The number of hydrogen-bond donors (Lipinski definition) is 2. The zero-order valence-electron chi connectivity index (χ0n) is 17.5. The summed E-state index contributed by atoms with van der Waals surface area (Å²) in [5.74, 6) is -0.270. The average molecular weight is 443 g/mol. The monoisotopic (exact) mass is 442 g/mol. The highest BCUT2D eigenvalue weighted by atomic mass is 32.3. The van der Waals surface area contributed by atoms with Gasteiger partial charge < -0.3 is 10.6 Å². The van der Waals surface area contributed by atoms with E-state index in [1.165, 1.54) is 6.92 Å².